The fourth-order valence-electron chi connectivity index (χ4n) is 3.40. The van der Waals surface area contributed by atoms with Crippen LogP contribution >= 0.6 is 0 Å². The maximum absolute atomic E-state index is 12.7. The first-order chi connectivity index (χ1) is 14.2. The van der Waals surface area contributed by atoms with Crippen LogP contribution in [-0.2, 0) is 19.6 Å². The van der Waals surface area contributed by atoms with Crippen LogP contribution in [0.2, 0.25) is 0 Å². The van der Waals surface area contributed by atoms with Gasteiger partial charge in [-0.2, -0.15) is 0 Å². The van der Waals surface area contributed by atoms with Crippen LogP contribution in [0.4, 0.5) is 5.69 Å². The molecule has 8 heteroatoms. The van der Waals surface area contributed by atoms with E-state index in [0.29, 0.717) is 5.69 Å². The summed E-state index contributed by atoms with van der Waals surface area (Å²) in [5.41, 5.74) is 2.36. The highest BCUT2D eigenvalue weighted by molar-refractivity contribution is 7.89. The molecule has 7 nitrogen and oxygen atoms in total. The van der Waals surface area contributed by atoms with E-state index in [-0.39, 0.29) is 29.2 Å². The Hall–Kier alpha value is -2.97. The van der Waals surface area contributed by atoms with Crippen molar-refractivity contribution in [1.82, 2.24) is 9.62 Å². The molecule has 0 bridgehead atoms. The van der Waals surface area contributed by atoms with Crippen LogP contribution in [0.15, 0.2) is 59.6 Å². The molecule has 0 saturated heterocycles. The summed E-state index contributed by atoms with van der Waals surface area (Å²) in [6, 6.07) is 13.0. The second-order valence-corrected chi connectivity index (χ2v) is 9.15. The van der Waals surface area contributed by atoms with Crippen molar-refractivity contribution in [3.63, 3.8) is 0 Å². The molecule has 158 valence electrons. The molecule has 1 heterocycles. The molecular formula is C22H25N3O4S. The number of nitrogens with zero attached hydrogens (tertiary/aromatic N) is 1. The second-order valence-electron chi connectivity index (χ2n) is 7.44. The van der Waals surface area contributed by atoms with Crippen LogP contribution in [0.3, 0.4) is 0 Å². The van der Waals surface area contributed by atoms with Gasteiger partial charge in [0, 0.05) is 24.9 Å². The number of anilines is 1. The first-order valence-electron chi connectivity index (χ1n) is 9.65. The van der Waals surface area contributed by atoms with Gasteiger partial charge in [0.25, 0.3) is 0 Å². The molecule has 2 aromatic rings. The van der Waals surface area contributed by atoms with Crippen LogP contribution < -0.4 is 10.0 Å². The molecule has 2 amide bonds. The summed E-state index contributed by atoms with van der Waals surface area (Å²) in [5, 5.41) is 2.78. The van der Waals surface area contributed by atoms with E-state index in [4.69, 9.17) is 0 Å². The minimum absolute atomic E-state index is 0.0793. The highest BCUT2D eigenvalue weighted by Gasteiger charge is 2.28. The fourth-order valence-corrected chi connectivity index (χ4v) is 4.65. The normalized spacial score (nSPS) is 15.7. The molecule has 3 rings (SSSR count). The number of rotatable bonds is 6. The van der Waals surface area contributed by atoms with Crippen molar-refractivity contribution in [2.75, 3.05) is 5.32 Å². The van der Waals surface area contributed by atoms with Gasteiger partial charge < -0.3 is 10.2 Å². The maximum atomic E-state index is 12.7. The Morgan fingerprint density at radius 3 is 2.37 bits per heavy atom. The number of sulfonamides is 1. The topological polar surface area (TPSA) is 95.6 Å². The Balaban J connectivity index is 1.73. The molecule has 0 aliphatic carbocycles. The van der Waals surface area contributed by atoms with E-state index in [2.05, 4.69) is 10.0 Å². The number of nitrogens with one attached hydrogen (secondary N) is 2. The second kappa shape index (κ2) is 8.81. The third kappa shape index (κ3) is 4.95. The maximum Gasteiger partial charge on any atom is 0.240 e. The SMILES string of the molecule is CC(=O)N1C=Cc2ccccc2[C@H]1CC(=O)Nc1ccc(S(=O)(=O)NC(C)C)cc1. The highest BCUT2D eigenvalue weighted by Crippen LogP contribution is 2.33. The molecule has 1 aliphatic heterocycles. The van der Waals surface area contributed by atoms with E-state index < -0.39 is 16.1 Å². The lowest BCUT2D eigenvalue weighted by Gasteiger charge is -2.32. The van der Waals surface area contributed by atoms with Crippen LogP contribution in [0.25, 0.3) is 6.08 Å². The van der Waals surface area contributed by atoms with Crippen LogP contribution in [0.5, 0.6) is 0 Å². The van der Waals surface area contributed by atoms with Crippen molar-refractivity contribution < 1.29 is 18.0 Å². The number of benzene rings is 2. The summed E-state index contributed by atoms with van der Waals surface area (Å²) in [5.74, 6) is -0.418. The van der Waals surface area contributed by atoms with Gasteiger partial charge in [-0.15, -0.1) is 0 Å². The van der Waals surface area contributed by atoms with E-state index in [1.165, 1.54) is 19.1 Å². The first-order valence-corrected chi connectivity index (χ1v) is 11.1. The third-order valence-corrected chi connectivity index (χ3v) is 6.36. The zero-order chi connectivity index (χ0) is 21.9. The minimum atomic E-state index is -3.59. The largest absolute Gasteiger partial charge is 0.326 e. The molecule has 0 unspecified atom stereocenters. The first kappa shape index (κ1) is 21.7. The number of carbonyl (C=O) groups is 2. The third-order valence-electron chi connectivity index (χ3n) is 4.69. The molecular weight excluding hydrogens is 402 g/mol. The van der Waals surface area contributed by atoms with Crippen molar-refractivity contribution in [3.8, 4) is 0 Å². The van der Waals surface area contributed by atoms with Crippen LogP contribution in [0.1, 0.15) is 44.4 Å². The molecule has 2 aromatic carbocycles. The molecule has 1 aliphatic rings. The summed E-state index contributed by atoms with van der Waals surface area (Å²) >= 11 is 0. The van der Waals surface area contributed by atoms with E-state index in [0.717, 1.165) is 11.1 Å². The van der Waals surface area contributed by atoms with Crippen LogP contribution in [-0.4, -0.2) is 31.2 Å². The molecule has 0 aromatic heterocycles. The Labute approximate surface area is 176 Å². The Bertz CT molecular complexity index is 1080. The standard InChI is InChI=1S/C22H25N3O4S/c1-15(2)24-30(28,29)19-10-8-18(9-11-19)23-22(27)14-21-20-7-5-4-6-17(20)12-13-25(21)16(3)26/h4-13,15,21,24H,14H2,1-3H3,(H,23,27)/t21-/m1/s1. The van der Waals surface area contributed by atoms with Crippen molar-refractivity contribution in [3.05, 3.63) is 65.9 Å². The molecule has 0 fully saturated rings. The number of hydrogen-bond donors (Lipinski definition) is 2. The average molecular weight is 428 g/mol. The summed E-state index contributed by atoms with van der Waals surface area (Å²) in [4.78, 5) is 26.4. The van der Waals surface area contributed by atoms with E-state index in [1.807, 2.05) is 30.3 Å². The van der Waals surface area contributed by atoms with Crippen molar-refractivity contribution in [2.24, 2.45) is 0 Å². The van der Waals surface area contributed by atoms with Gasteiger partial charge in [-0.3, -0.25) is 9.59 Å². The number of carbonyl (C=O) groups excluding carboxylic acids is 2. The predicted molar refractivity (Wildman–Crippen MR) is 116 cm³/mol. The molecule has 2 N–H and O–H groups in total. The lowest BCUT2D eigenvalue weighted by atomic mass is 9.93. The zero-order valence-electron chi connectivity index (χ0n) is 17.1. The van der Waals surface area contributed by atoms with E-state index >= 15 is 0 Å². The monoisotopic (exact) mass is 427 g/mol. The summed E-state index contributed by atoms with van der Waals surface area (Å²) in [6.07, 6.45) is 3.63. The lowest BCUT2D eigenvalue weighted by molar-refractivity contribution is -0.129. The molecule has 0 spiro atoms. The number of fused-ring (bicyclic) bond motifs is 1. The fraction of sp³-hybridized carbons (Fsp3) is 0.273. The average Bonchev–Trinajstić information content (AvgIpc) is 2.67. The minimum Gasteiger partial charge on any atom is -0.326 e. The lowest BCUT2D eigenvalue weighted by Crippen LogP contribution is -2.33. The molecule has 30 heavy (non-hydrogen) atoms. The smallest absolute Gasteiger partial charge is 0.240 e. The molecule has 0 saturated carbocycles. The van der Waals surface area contributed by atoms with Gasteiger partial charge in [0.15, 0.2) is 0 Å². The summed E-state index contributed by atoms with van der Waals surface area (Å²) < 4.78 is 26.9. The van der Waals surface area contributed by atoms with Crippen molar-refractivity contribution >= 4 is 33.6 Å². The Morgan fingerprint density at radius 1 is 1.07 bits per heavy atom. The van der Waals surface area contributed by atoms with E-state index in [1.54, 1.807) is 37.1 Å². The Morgan fingerprint density at radius 2 is 1.73 bits per heavy atom. The highest BCUT2D eigenvalue weighted by atomic mass is 32.2. The van der Waals surface area contributed by atoms with E-state index in [9.17, 15) is 18.0 Å². The number of hydrogen-bond acceptors (Lipinski definition) is 4. The van der Waals surface area contributed by atoms with Gasteiger partial charge in [-0.25, -0.2) is 13.1 Å². The van der Waals surface area contributed by atoms with Crippen molar-refractivity contribution in [2.45, 2.75) is 44.2 Å². The van der Waals surface area contributed by atoms with Gasteiger partial charge in [-0.1, -0.05) is 24.3 Å². The van der Waals surface area contributed by atoms with Gasteiger partial charge in [0.05, 0.1) is 17.4 Å². The van der Waals surface area contributed by atoms with Crippen LogP contribution in [0, 0.1) is 0 Å². The molecule has 1 atom stereocenters. The zero-order valence-corrected chi connectivity index (χ0v) is 17.9. The predicted octanol–water partition coefficient (Wildman–Crippen LogP) is 3.28. The quantitative estimate of drug-likeness (QED) is 0.740. The summed E-state index contributed by atoms with van der Waals surface area (Å²) in [7, 11) is -3.59. The molecule has 0 radical (unpaired) electrons. The van der Waals surface area contributed by atoms with Gasteiger partial charge in [0.1, 0.15) is 0 Å². The van der Waals surface area contributed by atoms with Gasteiger partial charge in [-0.05, 0) is 55.3 Å². The Kier molecular flexibility index (Phi) is 6.38. The number of amides is 2. The van der Waals surface area contributed by atoms with Crippen molar-refractivity contribution in [1.29, 1.82) is 0 Å². The van der Waals surface area contributed by atoms with Gasteiger partial charge >= 0.3 is 0 Å². The summed E-state index contributed by atoms with van der Waals surface area (Å²) in [6.45, 7) is 4.96. The van der Waals surface area contributed by atoms with Gasteiger partial charge in [0.2, 0.25) is 21.8 Å².